The summed E-state index contributed by atoms with van der Waals surface area (Å²) >= 11 is 0. The predicted octanol–water partition coefficient (Wildman–Crippen LogP) is 5.61. The van der Waals surface area contributed by atoms with Gasteiger partial charge in [-0.25, -0.2) is 0 Å². The summed E-state index contributed by atoms with van der Waals surface area (Å²) in [6.45, 7) is 8.75. The van der Waals surface area contributed by atoms with Crippen LogP contribution in [0.5, 0.6) is 0 Å². The van der Waals surface area contributed by atoms with Crippen molar-refractivity contribution in [3.63, 3.8) is 0 Å². The maximum atomic E-state index is 12.9. The number of aryl methyl sites for hydroxylation is 1. The van der Waals surface area contributed by atoms with Crippen LogP contribution >= 0.6 is 0 Å². The van der Waals surface area contributed by atoms with Crippen LogP contribution in [0.4, 0.5) is 24.5 Å². The van der Waals surface area contributed by atoms with Crippen LogP contribution in [0.25, 0.3) is 0 Å². The Morgan fingerprint density at radius 3 is 2.29 bits per heavy atom. The molecule has 6 nitrogen and oxygen atoms in total. The van der Waals surface area contributed by atoms with Crippen LogP contribution in [0.3, 0.4) is 0 Å². The van der Waals surface area contributed by atoms with Gasteiger partial charge in [-0.15, -0.1) is 0 Å². The van der Waals surface area contributed by atoms with Gasteiger partial charge in [0.1, 0.15) is 0 Å². The highest BCUT2D eigenvalue weighted by Gasteiger charge is 2.30. The molecule has 2 N–H and O–H groups in total. The third-order valence-corrected chi connectivity index (χ3v) is 5.26. The van der Waals surface area contributed by atoms with E-state index < -0.39 is 17.6 Å². The molecule has 3 aromatic rings. The topological polar surface area (TPSA) is 76.0 Å². The fourth-order valence-corrected chi connectivity index (χ4v) is 3.59. The third kappa shape index (κ3) is 6.24. The van der Waals surface area contributed by atoms with E-state index in [1.165, 1.54) is 24.3 Å². The monoisotopic (exact) mass is 472 g/mol. The molecule has 0 aliphatic carbocycles. The second-order valence-corrected chi connectivity index (χ2v) is 8.56. The van der Waals surface area contributed by atoms with Crippen molar-refractivity contribution in [1.82, 2.24) is 9.78 Å². The molecular weight excluding hydrogens is 445 g/mol. The number of hydrogen-bond donors (Lipinski definition) is 2. The summed E-state index contributed by atoms with van der Waals surface area (Å²) in [5.74, 6) is -0.424. The van der Waals surface area contributed by atoms with E-state index in [2.05, 4.69) is 29.6 Å². The van der Waals surface area contributed by atoms with E-state index in [1.807, 2.05) is 18.5 Å². The number of alkyl halides is 3. The molecule has 3 rings (SSSR count). The molecule has 0 aliphatic rings. The van der Waals surface area contributed by atoms with Crippen molar-refractivity contribution in [3.8, 4) is 0 Å². The molecule has 0 unspecified atom stereocenters. The molecule has 1 aromatic heterocycles. The number of aromatic nitrogens is 2. The number of anilines is 2. The van der Waals surface area contributed by atoms with Gasteiger partial charge in [0.05, 0.1) is 17.7 Å². The van der Waals surface area contributed by atoms with Gasteiger partial charge in [0.2, 0.25) is 5.91 Å². The lowest BCUT2D eigenvalue weighted by Gasteiger charge is -2.11. The Balaban J connectivity index is 1.68. The molecule has 1 heterocycles. The third-order valence-electron chi connectivity index (χ3n) is 5.26. The Labute approximate surface area is 196 Å². The molecule has 2 aromatic carbocycles. The lowest BCUT2D eigenvalue weighted by atomic mass is 10.1. The second-order valence-electron chi connectivity index (χ2n) is 8.56. The minimum absolute atomic E-state index is 0.0265. The van der Waals surface area contributed by atoms with Gasteiger partial charge < -0.3 is 10.6 Å². The van der Waals surface area contributed by atoms with E-state index in [0.29, 0.717) is 11.6 Å². The van der Waals surface area contributed by atoms with E-state index in [1.54, 1.807) is 12.1 Å². The number of rotatable bonds is 7. The van der Waals surface area contributed by atoms with Gasteiger partial charge in [-0.2, -0.15) is 18.3 Å². The summed E-state index contributed by atoms with van der Waals surface area (Å²) in [6.07, 6.45) is -4.37. The first-order valence-corrected chi connectivity index (χ1v) is 10.9. The fraction of sp³-hybridized carbons (Fsp3) is 0.320. The molecule has 180 valence electrons. The molecule has 9 heteroatoms. The van der Waals surface area contributed by atoms with E-state index in [9.17, 15) is 22.8 Å². The average Bonchev–Trinajstić information content (AvgIpc) is 3.00. The largest absolute Gasteiger partial charge is 0.416 e. The molecule has 2 amide bonds. The highest BCUT2D eigenvalue weighted by atomic mass is 19.4. The average molecular weight is 473 g/mol. The van der Waals surface area contributed by atoms with Crippen LogP contribution in [0.1, 0.15) is 46.7 Å². The van der Waals surface area contributed by atoms with Gasteiger partial charge in [-0.3, -0.25) is 14.3 Å². The van der Waals surface area contributed by atoms with Crippen LogP contribution in [0.15, 0.2) is 48.5 Å². The van der Waals surface area contributed by atoms with E-state index >= 15 is 0 Å². The first-order chi connectivity index (χ1) is 15.9. The Morgan fingerprint density at radius 1 is 1.00 bits per heavy atom. The van der Waals surface area contributed by atoms with Crippen molar-refractivity contribution in [2.24, 2.45) is 5.92 Å². The summed E-state index contributed by atoms with van der Waals surface area (Å²) in [4.78, 5) is 25.2. The summed E-state index contributed by atoms with van der Waals surface area (Å²) < 4.78 is 40.6. The number of hydrogen-bond acceptors (Lipinski definition) is 3. The maximum absolute atomic E-state index is 12.9. The van der Waals surface area contributed by atoms with Crippen molar-refractivity contribution in [1.29, 1.82) is 0 Å². The van der Waals surface area contributed by atoms with Crippen LogP contribution < -0.4 is 10.6 Å². The van der Waals surface area contributed by atoms with E-state index in [0.717, 1.165) is 35.6 Å². The summed E-state index contributed by atoms with van der Waals surface area (Å²) in [6, 6.07) is 10.6. The second kappa shape index (κ2) is 10.1. The first-order valence-electron chi connectivity index (χ1n) is 10.9. The first kappa shape index (κ1) is 25.0. The van der Waals surface area contributed by atoms with Gasteiger partial charge in [-0.05, 0) is 56.2 Å². The fourth-order valence-electron chi connectivity index (χ4n) is 3.59. The highest BCUT2D eigenvalue weighted by Crippen LogP contribution is 2.30. The lowest BCUT2D eigenvalue weighted by molar-refractivity contribution is -0.137. The van der Waals surface area contributed by atoms with Crippen molar-refractivity contribution in [3.05, 3.63) is 76.6 Å². The molecule has 0 aliphatic heterocycles. The molecule has 0 spiro atoms. The molecule has 0 saturated heterocycles. The summed E-state index contributed by atoms with van der Waals surface area (Å²) in [5, 5.41) is 9.76. The number of carbonyl (C=O) groups is 2. The summed E-state index contributed by atoms with van der Waals surface area (Å²) in [5.41, 5.74) is 2.38. The van der Waals surface area contributed by atoms with Gasteiger partial charge in [0, 0.05) is 34.7 Å². The Morgan fingerprint density at radius 2 is 1.65 bits per heavy atom. The van der Waals surface area contributed by atoms with Crippen LogP contribution in [0, 0.1) is 19.8 Å². The van der Waals surface area contributed by atoms with Crippen LogP contribution in [-0.2, 0) is 23.9 Å². The lowest BCUT2D eigenvalue weighted by Crippen LogP contribution is -2.17. The number of carbonyl (C=O) groups excluding carboxylic acids is 2. The normalized spacial score (nSPS) is 11.5. The zero-order valence-electron chi connectivity index (χ0n) is 19.5. The van der Waals surface area contributed by atoms with Gasteiger partial charge in [0.15, 0.2) is 0 Å². The van der Waals surface area contributed by atoms with Crippen molar-refractivity contribution < 1.29 is 22.8 Å². The molecular formula is C25H27F3N4O2. The van der Waals surface area contributed by atoms with Crippen molar-refractivity contribution in [2.45, 2.75) is 46.8 Å². The zero-order valence-corrected chi connectivity index (χ0v) is 19.5. The molecule has 0 bridgehead atoms. The number of amides is 2. The van der Waals surface area contributed by atoms with E-state index in [4.69, 9.17) is 0 Å². The van der Waals surface area contributed by atoms with Crippen molar-refractivity contribution >= 4 is 23.2 Å². The van der Waals surface area contributed by atoms with Crippen molar-refractivity contribution in [2.75, 3.05) is 10.6 Å². The SMILES string of the molecule is Cc1nn(CC(C)C)c(C)c1CC(=O)Nc1cccc(C(=O)Nc2cccc(C(F)(F)F)c2)c1. The molecule has 0 atom stereocenters. The number of halogens is 3. The minimum atomic E-state index is -4.51. The van der Waals surface area contributed by atoms with Gasteiger partial charge >= 0.3 is 6.18 Å². The van der Waals surface area contributed by atoms with Crippen LogP contribution in [0.2, 0.25) is 0 Å². The Bertz CT molecular complexity index is 1200. The Kier molecular flexibility index (Phi) is 7.44. The van der Waals surface area contributed by atoms with Crippen LogP contribution in [-0.4, -0.2) is 21.6 Å². The molecule has 0 saturated carbocycles. The van der Waals surface area contributed by atoms with Gasteiger partial charge in [0.25, 0.3) is 5.91 Å². The number of nitrogens with zero attached hydrogens (tertiary/aromatic N) is 2. The van der Waals surface area contributed by atoms with E-state index in [-0.39, 0.29) is 23.6 Å². The maximum Gasteiger partial charge on any atom is 0.416 e. The molecule has 0 radical (unpaired) electrons. The molecule has 0 fully saturated rings. The minimum Gasteiger partial charge on any atom is -0.326 e. The number of nitrogens with one attached hydrogen (secondary N) is 2. The zero-order chi connectivity index (χ0) is 25.0. The number of benzene rings is 2. The molecule has 34 heavy (non-hydrogen) atoms. The predicted molar refractivity (Wildman–Crippen MR) is 125 cm³/mol. The summed E-state index contributed by atoms with van der Waals surface area (Å²) in [7, 11) is 0. The quantitative estimate of drug-likeness (QED) is 0.469. The van der Waals surface area contributed by atoms with Gasteiger partial charge in [-0.1, -0.05) is 26.0 Å². The smallest absolute Gasteiger partial charge is 0.326 e. The highest BCUT2D eigenvalue weighted by molar-refractivity contribution is 6.05. The Hall–Kier alpha value is -3.62. The standard InChI is InChI=1S/C25H27F3N4O2/c1-15(2)14-32-17(4)22(16(3)31-32)13-23(33)29-20-9-5-7-18(11-20)24(34)30-21-10-6-8-19(12-21)25(26,27)28/h5-12,15H,13-14H2,1-4H3,(H,29,33)(H,30,34).